The van der Waals surface area contributed by atoms with Crippen molar-refractivity contribution in [3.8, 4) is 0 Å². The first-order valence-corrected chi connectivity index (χ1v) is 5.84. The van der Waals surface area contributed by atoms with Crippen LogP contribution in [0.25, 0.3) is 0 Å². The molecule has 2 aromatic rings. The van der Waals surface area contributed by atoms with Crippen molar-refractivity contribution >= 4 is 0 Å². The lowest BCUT2D eigenvalue weighted by Crippen LogP contribution is -2.20. The third-order valence-corrected chi connectivity index (χ3v) is 2.93. The van der Waals surface area contributed by atoms with Crippen molar-refractivity contribution in [2.24, 2.45) is 7.05 Å². The van der Waals surface area contributed by atoms with Crippen LogP contribution in [0, 0.1) is 13.8 Å². The molecule has 2 aromatic heterocycles. The fraction of sp³-hybridized carbons (Fsp3) is 0.500. The van der Waals surface area contributed by atoms with Crippen molar-refractivity contribution < 1.29 is 0 Å². The molecule has 17 heavy (non-hydrogen) atoms. The molecule has 1 N–H and O–H groups in total. The van der Waals surface area contributed by atoms with Crippen LogP contribution < -0.4 is 5.32 Å². The summed E-state index contributed by atoms with van der Waals surface area (Å²) in [4.78, 5) is 0. The van der Waals surface area contributed by atoms with Gasteiger partial charge in [-0.05, 0) is 19.4 Å². The van der Waals surface area contributed by atoms with Crippen molar-refractivity contribution in [2.45, 2.75) is 26.9 Å². The maximum atomic E-state index is 4.24. The second-order valence-electron chi connectivity index (χ2n) is 4.34. The Hall–Kier alpha value is -1.62. The molecule has 0 saturated carbocycles. The molecule has 0 fully saturated rings. The lowest BCUT2D eigenvalue weighted by Gasteiger charge is -2.04. The molecule has 0 atom stereocenters. The highest BCUT2D eigenvalue weighted by atomic mass is 15.3. The number of aryl methyl sites for hydroxylation is 2. The average molecular weight is 233 g/mol. The quantitative estimate of drug-likeness (QED) is 0.784. The van der Waals surface area contributed by atoms with E-state index < -0.39 is 0 Å². The van der Waals surface area contributed by atoms with Crippen LogP contribution in [-0.4, -0.2) is 26.1 Å². The Morgan fingerprint density at radius 3 is 2.65 bits per heavy atom. The topological polar surface area (TPSA) is 47.7 Å². The van der Waals surface area contributed by atoms with E-state index in [-0.39, 0.29) is 0 Å². The molecule has 92 valence electrons. The molecular formula is C12H19N5. The Morgan fingerprint density at radius 2 is 2.06 bits per heavy atom. The number of aromatic nitrogens is 4. The highest BCUT2D eigenvalue weighted by Crippen LogP contribution is 2.04. The van der Waals surface area contributed by atoms with Gasteiger partial charge in [0.25, 0.3) is 0 Å². The standard InChI is InChI=1S/C12H19N5/c1-10-6-15-17(9-10)5-4-13-7-12-8-14-16(3)11(12)2/h6,8-9,13H,4-5,7H2,1-3H3. The van der Waals surface area contributed by atoms with E-state index in [0.717, 1.165) is 19.6 Å². The van der Waals surface area contributed by atoms with Crippen molar-refractivity contribution in [3.05, 3.63) is 35.4 Å². The molecule has 0 aliphatic carbocycles. The van der Waals surface area contributed by atoms with Gasteiger partial charge in [0, 0.05) is 37.6 Å². The number of nitrogens with zero attached hydrogens (tertiary/aromatic N) is 4. The lowest BCUT2D eigenvalue weighted by molar-refractivity contribution is 0.554. The first-order valence-electron chi connectivity index (χ1n) is 5.84. The van der Waals surface area contributed by atoms with E-state index in [0.29, 0.717) is 0 Å². The van der Waals surface area contributed by atoms with Gasteiger partial charge in [0.2, 0.25) is 0 Å². The number of hydrogen-bond donors (Lipinski definition) is 1. The summed E-state index contributed by atoms with van der Waals surface area (Å²) in [6.45, 7) is 6.80. The van der Waals surface area contributed by atoms with Crippen LogP contribution in [0.2, 0.25) is 0 Å². The summed E-state index contributed by atoms with van der Waals surface area (Å²) in [5.41, 5.74) is 3.67. The second-order valence-corrected chi connectivity index (χ2v) is 4.34. The van der Waals surface area contributed by atoms with Crippen molar-refractivity contribution in [3.63, 3.8) is 0 Å². The highest BCUT2D eigenvalue weighted by molar-refractivity contribution is 5.15. The van der Waals surface area contributed by atoms with Crippen LogP contribution in [0.15, 0.2) is 18.6 Å². The van der Waals surface area contributed by atoms with Gasteiger partial charge in [-0.15, -0.1) is 0 Å². The predicted molar refractivity (Wildman–Crippen MR) is 66.6 cm³/mol. The molecule has 0 amide bonds. The molecule has 5 nitrogen and oxygen atoms in total. The van der Waals surface area contributed by atoms with E-state index in [1.54, 1.807) is 0 Å². The monoisotopic (exact) mass is 233 g/mol. The fourth-order valence-corrected chi connectivity index (χ4v) is 1.72. The molecule has 0 spiro atoms. The third-order valence-electron chi connectivity index (χ3n) is 2.93. The fourth-order valence-electron chi connectivity index (χ4n) is 1.72. The molecule has 0 bridgehead atoms. The van der Waals surface area contributed by atoms with E-state index in [1.807, 2.05) is 28.8 Å². The van der Waals surface area contributed by atoms with Crippen LogP contribution in [0.4, 0.5) is 0 Å². The molecule has 0 aromatic carbocycles. The number of rotatable bonds is 5. The molecule has 5 heteroatoms. The van der Waals surface area contributed by atoms with Gasteiger partial charge in [-0.1, -0.05) is 0 Å². The lowest BCUT2D eigenvalue weighted by atomic mass is 10.2. The van der Waals surface area contributed by atoms with E-state index in [9.17, 15) is 0 Å². The largest absolute Gasteiger partial charge is 0.311 e. The van der Waals surface area contributed by atoms with E-state index in [4.69, 9.17) is 0 Å². The molecule has 0 unspecified atom stereocenters. The summed E-state index contributed by atoms with van der Waals surface area (Å²) in [5, 5.41) is 11.9. The smallest absolute Gasteiger partial charge is 0.0537 e. The maximum Gasteiger partial charge on any atom is 0.0537 e. The van der Waals surface area contributed by atoms with E-state index in [2.05, 4.69) is 35.6 Å². The number of hydrogen-bond acceptors (Lipinski definition) is 3. The Kier molecular flexibility index (Phi) is 3.58. The Balaban J connectivity index is 1.75. The minimum Gasteiger partial charge on any atom is -0.311 e. The molecule has 0 aliphatic heterocycles. The van der Waals surface area contributed by atoms with Crippen molar-refractivity contribution in [2.75, 3.05) is 6.54 Å². The van der Waals surface area contributed by atoms with Gasteiger partial charge < -0.3 is 5.32 Å². The van der Waals surface area contributed by atoms with Crippen LogP contribution >= 0.6 is 0 Å². The van der Waals surface area contributed by atoms with Crippen LogP contribution in [-0.2, 0) is 20.1 Å². The minimum absolute atomic E-state index is 0.861. The SMILES string of the molecule is Cc1cnn(CCNCc2cnn(C)c2C)c1. The van der Waals surface area contributed by atoms with Crippen molar-refractivity contribution in [1.82, 2.24) is 24.9 Å². The maximum absolute atomic E-state index is 4.24. The van der Waals surface area contributed by atoms with Crippen LogP contribution in [0.5, 0.6) is 0 Å². The molecular weight excluding hydrogens is 214 g/mol. The van der Waals surface area contributed by atoms with Crippen molar-refractivity contribution in [1.29, 1.82) is 0 Å². The van der Waals surface area contributed by atoms with Gasteiger partial charge in [0.1, 0.15) is 0 Å². The molecule has 2 heterocycles. The third kappa shape index (κ3) is 2.94. The second kappa shape index (κ2) is 5.14. The first-order chi connectivity index (χ1) is 8.16. The normalized spacial score (nSPS) is 11.0. The predicted octanol–water partition coefficient (Wildman–Crippen LogP) is 1.02. The van der Waals surface area contributed by atoms with Gasteiger partial charge in [-0.3, -0.25) is 9.36 Å². The van der Waals surface area contributed by atoms with E-state index >= 15 is 0 Å². The number of nitrogens with one attached hydrogen (secondary N) is 1. The molecule has 0 aliphatic rings. The summed E-state index contributed by atoms with van der Waals surface area (Å²) in [7, 11) is 1.96. The first kappa shape index (κ1) is 11.9. The average Bonchev–Trinajstić information content (AvgIpc) is 2.84. The summed E-state index contributed by atoms with van der Waals surface area (Å²) in [6.07, 6.45) is 5.85. The van der Waals surface area contributed by atoms with Gasteiger partial charge >= 0.3 is 0 Å². The zero-order chi connectivity index (χ0) is 12.3. The van der Waals surface area contributed by atoms with Crippen LogP contribution in [0.1, 0.15) is 16.8 Å². The summed E-state index contributed by atoms with van der Waals surface area (Å²) < 4.78 is 3.85. The highest BCUT2D eigenvalue weighted by Gasteiger charge is 2.02. The van der Waals surface area contributed by atoms with Gasteiger partial charge in [0.15, 0.2) is 0 Å². The summed E-state index contributed by atoms with van der Waals surface area (Å²) in [6, 6.07) is 0. The summed E-state index contributed by atoms with van der Waals surface area (Å²) >= 11 is 0. The molecule has 2 rings (SSSR count). The van der Waals surface area contributed by atoms with Gasteiger partial charge in [-0.2, -0.15) is 10.2 Å². The minimum atomic E-state index is 0.861. The Labute approximate surface area is 101 Å². The Bertz CT molecular complexity index is 483. The van der Waals surface area contributed by atoms with Gasteiger partial charge in [0.05, 0.1) is 18.9 Å². The molecule has 0 radical (unpaired) electrons. The van der Waals surface area contributed by atoms with Crippen LogP contribution in [0.3, 0.4) is 0 Å². The molecule has 0 saturated heterocycles. The Morgan fingerprint density at radius 1 is 1.24 bits per heavy atom. The zero-order valence-corrected chi connectivity index (χ0v) is 10.6. The van der Waals surface area contributed by atoms with Gasteiger partial charge in [-0.25, -0.2) is 0 Å². The zero-order valence-electron chi connectivity index (χ0n) is 10.6. The van der Waals surface area contributed by atoms with E-state index in [1.165, 1.54) is 16.8 Å². The summed E-state index contributed by atoms with van der Waals surface area (Å²) in [5.74, 6) is 0.